The second-order valence-corrected chi connectivity index (χ2v) is 5.01. The highest BCUT2D eigenvalue weighted by Crippen LogP contribution is 2.22. The SMILES string of the molecule is Cc1cccc2nc(CCl)c(-c3cccc(F)c3)c(=O)n12.Cl. The van der Waals surface area contributed by atoms with Crippen molar-refractivity contribution in [2.24, 2.45) is 0 Å². The Labute approximate surface area is 137 Å². The average Bonchev–Trinajstić information content (AvgIpc) is 2.46. The normalized spacial score (nSPS) is 10.5. The van der Waals surface area contributed by atoms with Gasteiger partial charge in [0.1, 0.15) is 11.5 Å². The van der Waals surface area contributed by atoms with Crippen LogP contribution in [0.3, 0.4) is 0 Å². The number of rotatable bonds is 2. The number of alkyl halides is 1. The summed E-state index contributed by atoms with van der Waals surface area (Å²) in [5.41, 5.74) is 2.36. The topological polar surface area (TPSA) is 34.4 Å². The predicted octanol–water partition coefficient (Wildman–Crippen LogP) is 3.97. The summed E-state index contributed by atoms with van der Waals surface area (Å²) in [5, 5.41) is 0. The van der Waals surface area contributed by atoms with E-state index in [1.165, 1.54) is 16.5 Å². The summed E-state index contributed by atoms with van der Waals surface area (Å²) in [6.45, 7) is 1.83. The third-order valence-corrected chi connectivity index (χ3v) is 3.61. The van der Waals surface area contributed by atoms with Crippen molar-refractivity contribution in [3.8, 4) is 11.1 Å². The standard InChI is InChI=1S/C16H12ClFN2O.ClH/c1-10-4-2-7-14-19-13(9-17)15(16(21)20(10)14)11-5-3-6-12(18)8-11;/h2-8H,9H2,1H3;1H. The van der Waals surface area contributed by atoms with Crippen molar-refractivity contribution < 1.29 is 4.39 Å². The number of pyridine rings is 1. The van der Waals surface area contributed by atoms with Gasteiger partial charge >= 0.3 is 0 Å². The Morgan fingerprint density at radius 3 is 2.64 bits per heavy atom. The van der Waals surface area contributed by atoms with Gasteiger partial charge in [0.2, 0.25) is 0 Å². The van der Waals surface area contributed by atoms with Gasteiger partial charge in [0.05, 0.1) is 17.1 Å². The van der Waals surface area contributed by atoms with E-state index < -0.39 is 5.82 Å². The maximum atomic E-state index is 13.5. The Morgan fingerprint density at radius 2 is 1.95 bits per heavy atom. The van der Waals surface area contributed by atoms with Crippen LogP contribution in [0, 0.1) is 12.7 Å². The minimum absolute atomic E-state index is 0. The van der Waals surface area contributed by atoms with E-state index in [0.717, 1.165) is 5.69 Å². The van der Waals surface area contributed by atoms with Crippen LogP contribution in [0.25, 0.3) is 16.8 Å². The molecule has 2 heterocycles. The third kappa shape index (κ3) is 2.72. The van der Waals surface area contributed by atoms with Crippen molar-refractivity contribution in [2.75, 3.05) is 0 Å². The zero-order valence-corrected chi connectivity index (χ0v) is 13.3. The van der Waals surface area contributed by atoms with E-state index >= 15 is 0 Å². The minimum atomic E-state index is -0.401. The molecule has 0 aliphatic heterocycles. The monoisotopic (exact) mass is 338 g/mol. The van der Waals surface area contributed by atoms with Gasteiger partial charge in [-0.25, -0.2) is 9.37 Å². The van der Waals surface area contributed by atoms with Crippen LogP contribution >= 0.6 is 24.0 Å². The molecule has 2 aromatic heterocycles. The molecule has 0 radical (unpaired) electrons. The van der Waals surface area contributed by atoms with E-state index in [1.54, 1.807) is 18.2 Å². The molecule has 1 aromatic carbocycles. The number of hydrogen-bond acceptors (Lipinski definition) is 2. The molecule has 0 N–H and O–H groups in total. The quantitative estimate of drug-likeness (QED) is 0.662. The third-order valence-electron chi connectivity index (χ3n) is 3.36. The van der Waals surface area contributed by atoms with Gasteiger partial charge in [0.15, 0.2) is 0 Å². The lowest BCUT2D eigenvalue weighted by Crippen LogP contribution is -2.21. The van der Waals surface area contributed by atoms with Gasteiger partial charge in [-0.05, 0) is 36.8 Å². The van der Waals surface area contributed by atoms with Gasteiger partial charge in [-0.2, -0.15) is 0 Å². The van der Waals surface area contributed by atoms with Crippen LogP contribution in [-0.4, -0.2) is 9.38 Å². The van der Waals surface area contributed by atoms with Crippen LogP contribution in [-0.2, 0) is 5.88 Å². The summed E-state index contributed by atoms with van der Waals surface area (Å²) in [6, 6.07) is 11.3. The van der Waals surface area contributed by atoms with Crippen molar-refractivity contribution in [2.45, 2.75) is 12.8 Å². The first-order valence-corrected chi connectivity index (χ1v) is 6.98. The fraction of sp³-hybridized carbons (Fsp3) is 0.125. The van der Waals surface area contributed by atoms with Crippen LogP contribution < -0.4 is 5.56 Å². The molecule has 0 fully saturated rings. The zero-order valence-electron chi connectivity index (χ0n) is 11.7. The highest BCUT2D eigenvalue weighted by Gasteiger charge is 2.15. The summed E-state index contributed by atoms with van der Waals surface area (Å²) in [4.78, 5) is 17.2. The van der Waals surface area contributed by atoms with E-state index in [0.29, 0.717) is 22.5 Å². The molecule has 3 rings (SSSR count). The molecule has 6 heteroatoms. The largest absolute Gasteiger partial charge is 0.268 e. The second kappa shape index (κ2) is 6.46. The molecule has 22 heavy (non-hydrogen) atoms. The summed E-state index contributed by atoms with van der Waals surface area (Å²) in [6.07, 6.45) is 0. The molecular weight excluding hydrogens is 326 g/mol. The summed E-state index contributed by atoms with van der Waals surface area (Å²) < 4.78 is 15.0. The highest BCUT2D eigenvalue weighted by molar-refractivity contribution is 6.17. The molecule has 0 amide bonds. The molecule has 0 aliphatic carbocycles. The maximum absolute atomic E-state index is 13.5. The lowest BCUT2D eigenvalue weighted by Gasteiger charge is -2.11. The highest BCUT2D eigenvalue weighted by atomic mass is 35.5. The first kappa shape index (κ1) is 16.5. The molecule has 3 aromatic rings. The van der Waals surface area contributed by atoms with Crippen molar-refractivity contribution in [1.29, 1.82) is 0 Å². The maximum Gasteiger partial charge on any atom is 0.266 e. The zero-order chi connectivity index (χ0) is 15.0. The van der Waals surface area contributed by atoms with Crippen LogP contribution in [0.2, 0.25) is 0 Å². The van der Waals surface area contributed by atoms with Gasteiger partial charge in [-0.15, -0.1) is 24.0 Å². The van der Waals surface area contributed by atoms with Crippen molar-refractivity contribution in [1.82, 2.24) is 9.38 Å². The van der Waals surface area contributed by atoms with E-state index in [-0.39, 0.29) is 23.8 Å². The molecule has 0 aliphatic rings. The molecule has 3 nitrogen and oxygen atoms in total. The number of fused-ring (bicyclic) bond motifs is 1. The van der Waals surface area contributed by atoms with E-state index in [9.17, 15) is 9.18 Å². The van der Waals surface area contributed by atoms with Crippen LogP contribution in [0.15, 0.2) is 47.3 Å². The fourth-order valence-electron chi connectivity index (χ4n) is 2.41. The molecule has 0 atom stereocenters. The van der Waals surface area contributed by atoms with Crippen LogP contribution in [0.5, 0.6) is 0 Å². The summed E-state index contributed by atoms with van der Waals surface area (Å²) in [7, 11) is 0. The Kier molecular flexibility index (Phi) is 4.84. The van der Waals surface area contributed by atoms with Gasteiger partial charge in [0, 0.05) is 5.69 Å². The van der Waals surface area contributed by atoms with Crippen molar-refractivity contribution in [3.05, 3.63) is 70.0 Å². The molecule has 0 saturated carbocycles. The van der Waals surface area contributed by atoms with Crippen LogP contribution in [0.1, 0.15) is 11.4 Å². The van der Waals surface area contributed by atoms with Gasteiger partial charge in [-0.3, -0.25) is 9.20 Å². The van der Waals surface area contributed by atoms with E-state index in [4.69, 9.17) is 11.6 Å². The molecular formula is C16H13Cl2FN2O. The molecule has 0 unspecified atom stereocenters. The average molecular weight is 339 g/mol. The number of halogens is 3. The minimum Gasteiger partial charge on any atom is -0.268 e. The van der Waals surface area contributed by atoms with E-state index in [2.05, 4.69) is 4.98 Å². The number of nitrogens with zero attached hydrogens (tertiary/aromatic N) is 2. The first-order chi connectivity index (χ1) is 10.1. The Hall–Kier alpha value is -1.91. The van der Waals surface area contributed by atoms with Crippen molar-refractivity contribution >= 4 is 29.7 Å². The second-order valence-electron chi connectivity index (χ2n) is 4.74. The molecule has 0 spiro atoms. The van der Waals surface area contributed by atoms with Gasteiger partial charge < -0.3 is 0 Å². The van der Waals surface area contributed by atoms with Gasteiger partial charge in [0.25, 0.3) is 5.56 Å². The Morgan fingerprint density at radius 1 is 1.23 bits per heavy atom. The fourth-order valence-corrected chi connectivity index (χ4v) is 2.61. The van der Waals surface area contributed by atoms with Crippen LogP contribution in [0.4, 0.5) is 4.39 Å². The predicted molar refractivity (Wildman–Crippen MR) is 88.4 cm³/mol. The van der Waals surface area contributed by atoms with E-state index in [1.807, 2.05) is 19.1 Å². The lowest BCUT2D eigenvalue weighted by atomic mass is 10.1. The van der Waals surface area contributed by atoms with Gasteiger partial charge in [-0.1, -0.05) is 18.2 Å². The number of hydrogen-bond donors (Lipinski definition) is 0. The summed E-state index contributed by atoms with van der Waals surface area (Å²) >= 11 is 5.93. The van der Waals surface area contributed by atoms with Crippen molar-refractivity contribution in [3.63, 3.8) is 0 Å². The summed E-state index contributed by atoms with van der Waals surface area (Å²) in [5.74, 6) is -0.312. The Bertz CT molecular complexity index is 893. The Balaban J connectivity index is 0.00000176. The number of aromatic nitrogens is 2. The smallest absolute Gasteiger partial charge is 0.266 e. The number of benzene rings is 1. The molecule has 0 saturated heterocycles. The molecule has 0 bridgehead atoms. The number of aryl methyl sites for hydroxylation is 1. The first-order valence-electron chi connectivity index (χ1n) is 6.45. The molecule has 114 valence electrons. The lowest BCUT2D eigenvalue weighted by molar-refractivity contribution is 0.628.